The lowest BCUT2D eigenvalue weighted by molar-refractivity contribution is -0.117. The van der Waals surface area contributed by atoms with Crippen LogP contribution < -0.4 is 10.1 Å². The van der Waals surface area contributed by atoms with Gasteiger partial charge in [0.05, 0.1) is 6.61 Å². The van der Waals surface area contributed by atoms with E-state index in [2.05, 4.69) is 12.2 Å². The van der Waals surface area contributed by atoms with Gasteiger partial charge in [0.2, 0.25) is 5.91 Å². The minimum Gasteiger partial charge on any atom is -0.494 e. The van der Waals surface area contributed by atoms with Gasteiger partial charge in [-0.2, -0.15) is 0 Å². The Morgan fingerprint density at radius 2 is 1.89 bits per heavy atom. The maximum Gasteiger partial charge on any atom is 0.253 e. The van der Waals surface area contributed by atoms with Gasteiger partial charge in [0.15, 0.2) is 0 Å². The van der Waals surface area contributed by atoms with Gasteiger partial charge in [0.1, 0.15) is 5.75 Å². The summed E-state index contributed by atoms with van der Waals surface area (Å²) in [5, 5.41) is 2.91. The molecule has 2 unspecified atom stereocenters. The van der Waals surface area contributed by atoms with Crippen LogP contribution in [-0.4, -0.2) is 36.9 Å². The maximum absolute atomic E-state index is 12.6. The summed E-state index contributed by atoms with van der Waals surface area (Å²) in [5.74, 6) is 1.37. The molecule has 2 aromatic rings. The maximum atomic E-state index is 12.6. The standard InChI is InChI=1S/C22H26N2O3/c1-16-14-20(16)21(25)23-18-9-6-8-17(15-18)22(26)24(2)12-7-13-27-19-10-4-3-5-11-19/h3-6,8-11,15-16,20H,7,12-14H2,1-2H3,(H,23,25). The normalized spacial score (nSPS) is 17.9. The molecule has 0 saturated heterocycles. The van der Waals surface area contributed by atoms with Gasteiger partial charge in [-0.15, -0.1) is 0 Å². The summed E-state index contributed by atoms with van der Waals surface area (Å²) < 4.78 is 5.66. The van der Waals surface area contributed by atoms with Gasteiger partial charge >= 0.3 is 0 Å². The Morgan fingerprint density at radius 1 is 1.15 bits per heavy atom. The molecular weight excluding hydrogens is 340 g/mol. The van der Waals surface area contributed by atoms with Crippen molar-refractivity contribution in [1.82, 2.24) is 4.90 Å². The molecule has 1 saturated carbocycles. The highest BCUT2D eigenvalue weighted by atomic mass is 16.5. The molecule has 0 aromatic heterocycles. The summed E-state index contributed by atoms with van der Waals surface area (Å²) in [6.07, 6.45) is 1.69. The lowest BCUT2D eigenvalue weighted by Crippen LogP contribution is -2.28. The Labute approximate surface area is 160 Å². The molecule has 0 spiro atoms. The van der Waals surface area contributed by atoms with E-state index >= 15 is 0 Å². The van der Waals surface area contributed by atoms with E-state index in [-0.39, 0.29) is 17.7 Å². The Hall–Kier alpha value is -2.82. The first-order valence-corrected chi connectivity index (χ1v) is 9.39. The number of nitrogens with one attached hydrogen (secondary N) is 1. The summed E-state index contributed by atoms with van der Waals surface area (Å²) >= 11 is 0. The van der Waals surface area contributed by atoms with Gasteiger partial charge in [-0.1, -0.05) is 31.2 Å². The van der Waals surface area contributed by atoms with Crippen molar-refractivity contribution in [2.45, 2.75) is 19.8 Å². The predicted molar refractivity (Wildman–Crippen MR) is 106 cm³/mol. The number of hydrogen-bond donors (Lipinski definition) is 1. The topological polar surface area (TPSA) is 58.6 Å². The molecule has 5 nitrogen and oxygen atoms in total. The number of para-hydroxylation sites is 1. The molecule has 0 aliphatic heterocycles. The first-order chi connectivity index (χ1) is 13.0. The zero-order valence-electron chi connectivity index (χ0n) is 15.9. The summed E-state index contributed by atoms with van der Waals surface area (Å²) in [4.78, 5) is 26.4. The Kier molecular flexibility index (Phi) is 6.12. The highest BCUT2D eigenvalue weighted by Gasteiger charge is 2.39. The molecule has 0 bridgehead atoms. The third kappa shape index (κ3) is 5.33. The van der Waals surface area contributed by atoms with Crippen LogP contribution in [0.5, 0.6) is 5.75 Å². The zero-order chi connectivity index (χ0) is 19.2. The third-order valence-corrected chi connectivity index (χ3v) is 4.82. The molecule has 1 aliphatic carbocycles. The second kappa shape index (κ2) is 8.71. The van der Waals surface area contributed by atoms with E-state index in [1.807, 2.05) is 36.4 Å². The summed E-state index contributed by atoms with van der Waals surface area (Å²) in [6.45, 7) is 3.22. The quantitative estimate of drug-likeness (QED) is 0.723. The monoisotopic (exact) mass is 366 g/mol. The number of hydrogen-bond acceptors (Lipinski definition) is 3. The zero-order valence-corrected chi connectivity index (χ0v) is 15.9. The summed E-state index contributed by atoms with van der Waals surface area (Å²) in [7, 11) is 1.78. The van der Waals surface area contributed by atoms with Gasteiger partial charge in [-0.3, -0.25) is 9.59 Å². The van der Waals surface area contributed by atoms with Crippen molar-refractivity contribution in [2.24, 2.45) is 11.8 Å². The van der Waals surface area contributed by atoms with Crippen LogP contribution in [0, 0.1) is 11.8 Å². The van der Waals surface area contributed by atoms with Gasteiger partial charge in [-0.25, -0.2) is 0 Å². The van der Waals surface area contributed by atoms with Crippen molar-refractivity contribution in [1.29, 1.82) is 0 Å². The predicted octanol–water partition coefficient (Wildman–Crippen LogP) is 3.82. The average molecular weight is 366 g/mol. The van der Waals surface area contributed by atoms with Crippen molar-refractivity contribution in [2.75, 3.05) is 25.5 Å². The van der Waals surface area contributed by atoms with Crippen LogP contribution in [0.2, 0.25) is 0 Å². The largest absolute Gasteiger partial charge is 0.494 e. The van der Waals surface area contributed by atoms with Crippen LogP contribution >= 0.6 is 0 Å². The third-order valence-electron chi connectivity index (χ3n) is 4.82. The van der Waals surface area contributed by atoms with Crippen LogP contribution in [0.1, 0.15) is 30.1 Å². The van der Waals surface area contributed by atoms with Crippen molar-refractivity contribution in [3.8, 4) is 5.75 Å². The smallest absolute Gasteiger partial charge is 0.253 e. The number of carbonyl (C=O) groups is 2. The van der Waals surface area contributed by atoms with E-state index in [4.69, 9.17) is 4.74 Å². The molecule has 2 aromatic carbocycles. The van der Waals surface area contributed by atoms with Crippen LogP contribution in [0.25, 0.3) is 0 Å². The average Bonchev–Trinajstić information content (AvgIpc) is 3.42. The molecule has 1 fully saturated rings. The van der Waals surface area contributed by atoms with Crippen LogP contribution in [0.15, 0.2) is 54.6 Å². The number of carbonyl (C=O) groups excluding carboxylic acids is 2. The Bertz CT molecular complexity index is 791. The first-order valence-electron chi connectivity index (χ1n) is 9.39. The van der Waals surface area contributed by atoms with E-state index < -0.39 is 0 Å². The number of rotatable bonds is 8. The van der Waals surface area contributed by atoms with E-state index in [1.165, 1.54) is 0 Å². The second-order valence-corrected chi connectivity index (χ2v) is 7.13. The highest BCUT2D eigenvalue weighted by Crippen LogP contribution is 2.38. The van der Waals surface area contributed by atoms with Gasteiger partial charge in [-0.05, 0) is 49.1 Å². The van der Waals surface area contributed by atoms with Crippen LogP contribution in [0.3, 0.4) is 0 Å². The number of anilines is 1. The minimum atomic E-state index is -0.0643. The van der Waals surface area contributed by atoms with Crippen molar-refractivity contribution >= 4 is 17.5 Å². The molecule has 3 rings (SSSR count). The number of benzene rings is 2. The molecule has 1 N–H and O–H groups in total. The fourth-order valence-electron chi connectivity index (χ4n) is 2.98. The Morgan fingerprint density at radius 3 is 2.59 bits per heavy atom. The van der Waals surface area contributed by atoms with Crippen LogP contribution in [0.4, 0.5) is 5.69 Å². The van der Waals surface area contributed by atoms with Crippen LogP contribution in [-0.2, 0) is 4.79 Å². The molecule has 27 heavy (non-hydrogen) atoms. The molecule has 0 radical (unpaired) electrons. The van der Waals surface area contributed by atoms with Crippen molar-refractivity contribution in [3.63, 3.8) is 0 Å². The lowest BCUT2D eigenvalue weighted by atomic mass is 10.1. The van der Waals surface area contributed by atoms with E-state index in [0.29, 0.717) is 30.3 Å². The highest BCUT2D eigenvalue weighted by molar-refractivity contribution is 5.98. The second-order valence-electron chi connectivity index (χ2n) is 7.13. The summed E-state index contributed by atoms with van der Waals surface area (Å²) in [5.41, 5.74) is 1.24. The number of amides is 2. The lowest BCUT2D eigenvalue weighted by Gasteiger charge is -2.18. The van der Waals surface area contributed by atoms with E-state index in [9.17, 15) is 9.59 Å². The molecule has 0 heterocycles. The minimum absolute atomic E-state index is 0.0403. The van der Waals surface area contributed by atoms with E-state index in [0.717, 1.165) is 18.6 Å². The van der Waals surface area contributed by atoms with E-state index in [1.54, 1.807) is 30.1 Å². The van der Waals surface area contributed by atoms with Crippen molar-refractivity contribution < 1.29 is 14.3 Å². The fraction of sp³-hybridized carbons (Fsp3) is 0.364. The summed E-state index contributed by atoms with van der Waals surface area (Å²) in [6, 6.07) is 16.8. The van der Waals surface area contributed by atoms with Crippen molar-refractivity contribution in [3.05, 3.63) is 60.2 Å². The molecule has 2 amide bonds. The molecule has 1 aliphatic rings. The first kappa shape index (κ1) is 19.0. The number of ether oxygens (including phenoxy) is 1. The van der Waals surface area contributed by atoms with Gasteiger partial charge in [0, 0.05) is 30.8 Å². The van der Waals surface area contributed by atoms with Gasteiger partial charge in [0.25, 0.3) is 5.91 Å². The SMILES string of the molecule is CC1CC1C(=O)Nc1cccc(C(=O)N(C)CCCOc2ccccc2)c1. The molecule has 2 atom stereocenters. The molecular formula is C22H26N2O3. The molecule has 5 heteroatoms. The number of nitrogens with zero attached hydrogens (tertiary/aromatic N) is 1. The van der Waals surface area contributed by atoms with Gasteiger partial charge < -0.3 is 15.0 Å². The fourth-order valence-corrected chi connectivity index (χ4v) is 2.98. The Balaban J connectivity index is 1.47. The molecule has 142 valence electrons.